The minimum absolute atomic E-state index is 0.0853. The van der Waals surface area contributed by atoms with Crippen LogP contribution in [0.5, 0.6) is 17.2 Å². The lowest BCUT2D eigenvalue weighted by molar-refractivity contribution is 0.0594. The summed E-state index contributed by atoms with van der Waals surface area (Å²) in [5, 5.41) is 0.177. The van der Waals surface area contributed by atoms with Crippen LogP contribution >= 0.6 is 11.6 Å². The second-order valence-corrected chi connectivity index (χ2v) is 8.29. The van der Waals surface area contributed by atoms with Gasteiger partial charge in [-0.15, -0.1) is 0 Å². The second-order valence-electron chi connectivity index (χ2n) is 7.89. The third-order valence-electron chi connectivity index (χ3n) is 5.64. The Labute approximate surface area is 195 Å². The Kier molecular flexibility index (Phi) is 6.11. The molecule has 33 heavy (non-hydrogen) atoms. The second kappa shape index (κ2) is 9.33. The third-order valence-corrected chi connectivity index (χ3v) is 5.93. The lowest BCUT2D eigenvalue weighted by atomic mass is 10.1. The Bertz CT molecular complexity index is 1160. The number of carbonyl (C=O) groups is 1. The summed E-state index contributed by atoms with van der Waals surface area (Å²) in [6, 6.07) is 13.2. The number of halogens is 2. The summed E-state index contributed by atoms with van der Waals surface area (Å²) in [6.07, 6.45) is 0. The number of hydrogen-bond donors (Lipinski definition) is 0. The minimum atomic E-state index is -0.436. The maximum absolute atomic E-state index is 13.1. The number of carbonyl (C=O) groups excluding carboxylic acids is 1. The van der Waals surface area contributed by atoms with Crippen LogP contribution in [0.1, 0.15) is 21.9 Å². The Morgan fingerprint density at radius 1 is 1.00 bits per heavy atom. The van der Waals surface area contributed by atoms with Crippen LogP contribution in [0.15, 0.2) is 52.9 Å². The van der Waals surface area contributed by atoms with Gasteiger partial charge in [0.15, 0.2) is 17.3 Å². The number of amides is 1. The van der Waals surface area contributed by atoms with E-state index in [9.17, 15) is 9.18 Å². The van der Waals surface area contributed by atoms with Crippen LogP contribution in [0.25, 0.3) is 0 Å². The fourth-order valence-electron chi connectivity index (χ4n) is 3.87. The molecule has 5 rings (SSSR count). The van der Waals surface area contributed by atoms with Gasteiger partial charge in [-0.1, -0.05) is 17.7 Å². The van der Waals surface area contributed by atoms with Crippen LogP contribution < -0.4 is 14.2 Å². The highest BCUT2D eigenvalue weighted by molar-refractivity contribution is 6.32. The fraction of sp³-hybridized carbons (Fsp3) is 0.292. The largest absolute Gasteiger partial charge is 0.484 e. The van der Waals surface area contributed by atoms with E-state index in [0.717, 1.165) is 36.7 Å². The van der Waals surface area contributed by atoms with Crippen molar-refractivity contribution in [3.8, 4) is 17.2 Å². The van der Waals surface area contributed by atoms with Crippen molar-refractivity contribution >= 4 is 17.5 Å². The van der Waals surface area contributed by atoms with E-state index in [0.29, 0.717) is 24.6 Å². The van der Waals surface area contributed by atoms with Gasteiger partial charge in [0.05, 0.1) is 5.02 Å². The van der Waals surface area contributed by atoms with Crippen LogP contribution in [0.3, 0.4) is 0 Å². The van der Waals surface area contributed by atoms with Gasteiger partial charge >= 0.3 is 0 Å². The lowest BCUT2D eigenvalue weighted by Gasteiger charge is -2.34. The predicted octanol–water partition coefficient (Wildman–Crippen LogP) is 4.34. The van der Waals surface area contributed by atoms with Crippen LogP contribution in [0.4, 0.5) is 4.39 Å². The first-order chi connectivity index (χ1) is 16.0. The van der Waals surface area contributed by atoms with E-state index in [2.05, 4.69) is 4.90 Å². The van der Waals surface area contributed by atoms with Gasteiger partial charge in [-0.25, -0.2) is 4.39 Å². The van der Waals surface area contributed by atoms with E-state index in [1.807, 2.05) is 18.2 Å². The minimum Gasteiger partial charge on any atom is -0.484 e. The summed E-state index contributed by atoms with van der Waals surface area (Å²) in [7, 11) is 0. The first kappa shape index (κ1) is 21.6. The summed E-state index contributed by atoms with van der Waals surface area (Å²) in [5.41, 5.74) is 1.15. The number of furan rings is 1. The number of rotatable bonds is 6. The molecule has 1 aromatic heterocycles. The molecule has 0 radical (unpaired) electrons. The van der Waals surface area contributed by atoms with Crippen molar-refractivity contribution in [1.29, 1.82) is 0 Å². The zero-order valence-corrected chi connectivity index (χ0v) is 18.5. The molecule has 0 atom stereocenters. The molecule has 172 valence electrons. The zero-order chi connectivity index (χ0) is 22.8. The molecular formula is C24H22ClFN2O5. The van der Waals surface area contributed by atoms with Gasteiger partial charge in [0.1, 0.15) is 23.9 Å². The molecule has 0 spiro atoms. The van der Waals surface area contributed by atoms with Crippen molar-refractivity contribution in [1.82, 2.24) is 9.80 Å². The summed E-state index contributed by atoms with van der Waals surface area (Å²) >= 11 is 5.97. The molecule has 2 aromatic carbocycles. The number of benzene rings is 2. The quantitative estimate of drug-likeness (QED) is 0.532. The van der Waals surface area contributed by atoms with Crippen molar-refractivity contribution < 1.29 is 27.8 Å². The standard InChI is InChI=1S/C24H22ClFN2O5/c25-19-12-17(26)2-5-20(19)30-14-18-3-6-22(33-18)24(29)28-9-7-27(8-10-28)13-16-1-4-21-23(11-16)32-15-31-21/h1-6,11-12H,7-10,13-15H2. The predicted molar refractivity (Wildman–Crippen MR) is 118 cm³/mol. The molecule has 0 saturated carbocycles. The summed E-state index contributed by atoms with van der Waals surface area (Å²) in [4.78, 5) is 16.9. The Balaban J connectivity index is 1.12. The fourth-order valence-corrected chi connectivity index (χ4v) is 4.10. The zero-order valence-electron chi connectivity index (χ0n) is 17.8. The number of piperazine rings is 1. The maximum atomic E-state index is 13.1. The Morgan fingerprint density at radius 2 is 1.82 bits per heavy atom. The van der Waals surface area contributed by atoms with Crippen molar-refractivity contribution in [3.63, 3.8) is 0 Å². The molecule has 1 amide bonds. The first-order valence-corrected chi connectivity index (χ1v) is 11.0. The van der Waals surface area contributed by atoms with Gasteiger partial charge in [-0.05, 0) is 48.0 Å². The molecular weight excluding hydrogens is 451 g/mol. The first-order valence-electron chi connectivity index (χ1n) is 10.6. The van der Waals surface area contributed by atoms with E-state index in [1.165, 1.54) is 18.2 Å². The smallest absolute Gasteiger partial charge is 0.289 e. The normalized spacial score (nSPS) is 15.6. The van der Waals surface area contributed by atoms with Crippen LogP contribution in [0.2, 0.25) is 5.02 Å². The highest BCUT2D eigenvalue weighted by Gasteiger charge is 2.25. The highest BCUT2D eigenvalue weighted by atomic mass is 35.5. The van der Waals surface area contributed by atoms with Crippen molar-refractivity contribution in [2.45, 2.75) is 13.2 Å². The molecule has 7 nitrogen and oxygen atoms in total. The lowest BCUT2D eigenvalue weighted by Crippen LogP contribution is -2.48. The molecule has 0 N–H and O–H groups in total. The average molecular weight is 473 g/mol. The average Bonchev–Trinajstić information content (AvgIpc) is 3.48. The molecule has 0 bridgehead atoms. The SMILES string of the molecule is O=C(c1ccc(COc2ccc(F)cc2Cl)o1)N1CCN(Cc2ccc3c(c2)OCO3)CC1. The summed E-state index contributed by atoms with van der Waals surface area (Å²) < 4.78 is 35.2. The van der Waals surface area contributed by atoms with Gasteiger partial charge < -0.3 is 23.5 Å². The molecule has 1 fully saturated rings. The van der Waals surface area contributed by atoms with Crippen LogP contribution in [-0.2, 0) is 13.2 Å². The van der Waals surface area contributed by atoms with E-state index >= 15 is 0 Å². The number of fused-ring (bicyclic) bond motifs is 1. The summed E-state index contributed by atoms with van der Waals surface area (Å²) in [6.45, 7) is 3.89. The van der Waals surface area contributed by atoms with E-state index in [-0.39, 0.29) is 30.1 Å². The van der Waals surface area contributed by atoms with Crippen molar-refractivity contribution in [2.24, 2.45) is 0 Å². The van der Waals surface area contributed by atoms with E-state index in [4.69, 9.17) is 30.2 Å². The van der Waals surface area contributed by atoms with Gasteiger partial charge in [0.2, 0.25) is 6.79 Å². The molecule has 2 aliphatic heterocycles. The van der Waals surface area contributed by atoms with Gasteiger partial charge in [0, 0.05) is 32.7 Å². The molecule has 0 aliphatic carbocycles. The van der Waals surface area contributed by atoms with E-state index < -0.39 is 5.82 Å². The highest BCUT2D eigenvalue weighted by Crippen LogP contribution is 2.33. The topological polar surface area (TPSA) is 64.4 Å². The third kappa shape index (κ3) is 4.91. The number of nitrogens with zero attached hydrogens (tertiary/aromatic N) is 2. The molecule has 3 aromatic rings. The van der Waals surface area contributed by atoms with Crippen molar-refractivity contribution in [3.05, 3.63) is 76.5 Å². The van der Waals surface area contributed by atoms with Crippen LogP contribution in [0, 0.1) is 5.82 Å². The van der Waals surface area contributed by atoms with Gasteiger partial charge in [0.25, 0.3) is 5.91 Å². The van der Waals surface area contributed by atoms with Gasteiger partial charge in [-0.3, -0.25) is 9.69 Å². The van der Waals surface area contributed by atoms with E-state index in [1.54, 1.807) is 17.0 Å². The van der Waals surface area contributed by atoms with Crippen LogP contribution in [-0.4, -0.2) is 48.7 Å². The molecule has 3 heterocycles. The molecule has 9 heteroatoms. The maximum Gasteiger partial charge on any atom is 0.289 e. The van der Waals surface area contributed by atoms with Crippen molar-refractivity contribution in [2.75, 3.05) is 33.0 Å². The molecule has 0 unspecified atom stereocenters. The summed E-state index contributed by atoms with van der Waals surface area (Å²) in [5.74, 6) is 2.07. The number of hydrogen-bond acceptors (Lipinski definition) is 6. The number of ether oxygens (including phenoxy) is 3. The Hall–Kier alpha value is -3.23. The Morgan fingerprint density at radius 3 is 2.64 bits per heavy atom. The molecule has 1 saturated heterocycles. The van der Waals surface area contributed by atoms with Gasteiger partial charge in [-0.2, -0.15) is 0 Å². The molecule has 2 aliphatic rings. The monoisotopic (exact) mass is 472 g/mol.